The highest BCUT2D eigenvalue weighted by Gasteiger charge is 2.34. The number of rotatable bonds is 7. The average Bonchev–Trinajstić information content (AvgIpc) is 3.22. The van der Waals surface area contributed by atoms with Crippen LogP contribution in [0.25, 0.3) is 11.0 Å². The van der Waals surface area contributed by atoms with E-state index in [9.17, 15) is 28.6 Å². The predicted octanol–water partition coefficient (Wildman–Crippen LogP) is 3.89. The summed E-state index contributed by atoms with van der Waals surface area (Å²) in [5.74, 6) is -4.91. The zero-order valence-corrected chi connectivity index (χ0v) is 17.5. The average molecular weight is 450 g/mol. The minimum Gasteiger partial charge on any atom is -0.393 e. The Kier molecular flexibility index (Phi) is 5.88. The molecule has 3 N–H and O–H groups in total. The number of hydrogen-bond acceptors (Lipinski definition) is 5. The Morgan fingerprint density at radius 2 is 1.64 bits per heavy atom. The summed E-state index contributed by atoms with van der Waals surface area (Å²) in [6, 6.07) is 15.1. The van der Waals surface area contributed by atoms with Crippen molar-refractivity contribution in [2.75, 3.05) is 6.61 Å². The van der Waals surface area contributed by atoms with Crippen molar-refractivity contribution in [3.05, 3.63) is 101 Å². The Labute approximate surface area is 187 Å². The second kappa shape index (κ2) is 8.65. The molecule has 0 spiro atoms. The number of nitrogens with one attached hydrogen (secondary N) is 1. The lowest BCUT2D eigenvalue weighted by Crippen LogP contribution is -2.27. The number of aromatic amines is 1. The van der Waals surface area contributed by atoms with Gasteiger partial charge in [-0.05, 0) is 42.8 Å². The Balaban J connectivity index is 1.84. The normalized spacial score (nSPS) is 14.1. The molecule has 4 rings (SSSR count). The molecular formula is C25H20F2N2O4. The number of hydrogen-bond donors (Lipinski definition) is 3. The fraction of sp³-hybridized carbons (Fsp3) is 0.160. The Bertz CT molecular complexity index is 1310. The van der Waals surface area contributed by atoms with Crippen LogP contribution in [-0.2, 0) is 5.60 Å². The first-order chi connectivity index (χ1) is 15.7. The molecule has 0 fully saturated rings. The van der Waals surface area contributed by atoms with Crippen molar-refractivity contribution in [1.82, 2.24) is 9.97 Å². The van der Waals surface area contributed by atoms with E-state index in [-0.39, 0.29) is 22.5 Å². The number of H-pyrrole nitrogens is 1. The van der Waals surface area contributed by atoms with E-state index in [4.69, 9.17) is 0 Å². The molecule has 2 unspecified atom stereocenters. The van der Waals surface area contributed by atoms with Crippen LogP contribution in [0.15, 0.2) is 66.7 Å². The van der Waals surface area contributed by atoms with Crippen molar-refractivity contribution in [3.8, 4) is 0 Å². The highest BCUT2D eigenvalue weighted by atomic mass is 19.1. The van der Waals surface area contributed by atoms with Crippen LogP contribution < -0.4 is 0 Å². The molecule has 33 heavy (non-hydrogen) atoms. The maximum Gasteiger partial charge on any atom is 0.181 e. The van der Waals surface area contributed by atoms with Crippen molar-refractivity contribution in [2.24, 2.45) is 0 Å². The van der Waals surface area contributed by atoms with Crippen LogP contribution in [0.5, 0.6) is 0 Å². The SMILES string of the molecule is CC(O)(CO)c1cccc(C(=O)C(C(=O)c2cc(F)cc(F)c2)c2nc3ccccc3[nH]2)c1. The molecule has 1 aromatic heterocycles. The van der Waals surface area contributed by atoms with Gasteiger partial charge in [0.05, 0.1) is 17.6 Å². The third-order valence-corrected chi connectivity index (χ3v) is 5.43. The molecule has 2 atom stereocenters. The summed E-state index contributed by atoms with van der Waals surface area (Å²) in [5, 5.41) is 19.8. The molecule has 0 radical (unpaired) electrons. The van der Waals surface area contributed by atoms with Crippen LogP contribution >= 0.6 is 0 Å². The topological polar surface area (TPSA) is 103 Å². The third kappa shape index (κ3) is 4.44. The van der Waals surface area contributed by atoms with E-state index < -0.39 is 41.3 Å². The van der Waals surface area contributed by atoms with Crippen LogP contribution in [-0.4, -0.2) is 38.4 Å². The number of imidazole rings is 1. The van der Waals surface area contributed by atoms with Gasteiger partial charge in [0.1, 0.15) is 29.0 Å². The van der Waals surface area contributed by atoms with Gasteiger partial charge in [0.25, 0.3) is 0 Å². The van der Waals surface area contributed by atoms with Gasteiger partial charge in [-0.2, -0.15) is 0 Å². The molecular weight excluding hydrogens is 430 g/mol. The number of benzene rings is 3. The van der Waals surface area contributed by atoms with Gasteiger partial charge in [0, 0.05) is 17.2 Å². The van der Waals surface area contributed by atoms with E-state index in [1.54, 1.807) is 24.3 Å². The van der Waals surface area contributed by atoms with Crippen molar-refractivity contribution in [3.63, 3.8) is 0 Å². The molecule has 6 nitrogen and oxygen atoms in total. The largest absolute Gasteiger partial charge is 0.393 e. The summed E-state index contributed by atoms with van der Waals surface area (Å²) < 4.78 is 27.6. The van der Waals surface area contributed by atoms with Crippen LogP contribution in [0.1, 0.15) is 44.9 Å². The Morgan fingerprint density at radius 3 is 2.30 bits per heavy atom. The van der Waals surface area contributed by atoms with Crippen molar-refractivity contribution in [2.45, 2.75) is 18.4 Å². The van der Waals surface area contributed by atoms with Gasteiger partial charge in [-0.3, -0.25) is 9.59 Å². The first kappa shape index (κ1) is 22.4. The van der Waals surface area contributed by atoms with Gasteiger partial charge in [-0.15, -0.1) is 0 Å². The van der Waals surface area contributed by atoms with E-state index in [0.717, 1.165) is 12.1 Å². The maximum absolute atomic E-state index is 13.8. The number of carbonyl (C=O) groups is 2. The van der Waals surface area contributed by atoms with Crippen molar-refractivity contribution >= 4 is 22.6 Å². The molecule has 0 saturated carbocycles. The quantitative estimate of drug-likeness (QED) is 0.293. The van der Waals surface area contributed by atoms with Gasteiger partial charge in [0.15, 0.2) is 11.6 Å². The van der Waals surface area contributed by atoms with Crippen LogP contribution in [0.3, 0.4) is 0 Å². The summed E-state index contributed by atoms with van der Waals surface area (Å²) in [4.78, 5) is 34.3. The molecule has 168 valence electrons. The number of aromatic nitrogens is 2. The molecule has 1 heterocycles. The second-order valence-corrected chi connectivity index (χ2v) is 7.97. The first-order valence-corrected chi connectivity index (χ1v) is 10.1. The van der Waals surface area contributed by atoms with E-state index >= 15 is 0 Å². The fourth-order valence-electron chi connectivity index (χ4n) is 3.60. The first-order valence-electron chi connectivity index (χ1n) is 10.1. The third-order valence-electron chi connectivity index (χ3n) is 5.43. The number of Topliss-reactive ketones (excluding diaryl/α,β-unsaturated/α-hetero) is 2. The highest BCUT2D eigenvalue weighted by Crippen LogP contribution is 2.28. The number of nitrogens with zero attached hydrogens (tertiary/aromatic N) is 1. The second-order valence-electron chi connectivity index (χ2n) is 7.97. The Hall–Kier alpha value is -3.75. The van der Waals surface area contributed by atoms with E-state index in [1.807, 2.05) is 0 Å². The summed E-state index contributed by atoms with van der Waals surface area (Å²) in [6.07, 6.45) is 0. The fourth-order valence-corrected chi connectivity index (χ4v) is 3.60. The molecule has 0 saturated heterocycles. The monoisotopic (exact) mass is 450 g/mol. The molecule has 0 aliphatic carbocycles. The minimum absolute atomic E-state index is 0.0233. The molecule has 0 bridgehead atoms. The minimum atomic E-state index is -1.61. The number of ketones is 2. The number of para-hydroxylation sites is 2. The van der Waals surface area contributed by atoms with Gasteiger partial charge in [0.2, 0.25) is 0 Å². The number of aliphatic hydroxyl groups excluding tert-OH is 1. The molecule has 0 aliphatic rings. The zero-order valence-electron chi connectivity index (χ0n) is 17.5. The van der Waals surface area contributed by atoms with Gasteiger partial charge < -0.3 is 15.2 Å². The van der Waals surface area contributed by atoms with E-state index in [2.05, 4.69) is 9.97 Å². The van der Waals surface area contributed by atoms with Gasteiger partial charge in [-0.1, -0.05) is 30.3 Å². The highest BCUT2D eigenvalue weighted by molar-refractivity contribution is 6.19. The van der Waals surface area contributed by atoms with E-state index in [1.165, 1.54) is 31.2 Å². The maximum atomic E-state index is 13.8. The summed E-state index contributed by atoms with van der Waals surface area (Å²) >= 11 is 0. The number of carbonyl (C=O) groups excluding carboxylic acids is 2. The van der Waals surface area contributed by atoms with Crippen molar-refractivity contribution < 1.29 is 28.6 Å². The molecule has 3 aromatic carbocycles. The number of aliphatic hydroxyl groups is 2. The summed E-state index contributed by atoms with van der Waals surface area (Å²) in [7, 11) is 0. The molecule has 8 heteroatoms. The van der Waals surface area contributed by atoms with Gasteiger partial charge >= 0.3 is 0 Å². The molecule has 4 aromatic rings. The van der Waals surface area contributed by atoms with Crippen molar-refractivity contribution in [1.29, 1.82) is 0 Å². The lowest BCUT2D eigenvalue weighted by Gasteiger charge is -2.22. The molecule has 0 aliphatic heterocycles. The number of halogens is 2. The van der Waals surface area contributed by atoms with Crippen LogP contribution in [0.4, 0.5) is 8.78 Å². The lowest BCUT2D eigenvalue weighted by atomic mass is 9.87. The number of fused-ring (bicyclic) bond motifs is 1. The lowest BCUT2D eigenvalue weighted by molar-refractivity contribution is -0.00231. The van der Waals surface area contributed by atoms with Crippen LogP contribution in [0.2, 0.25) is 0 Å². The van der Waals surface area contributed by atoms with E-state index in [0.29, 0.717) is 17.1 Å². The standard InChI is InChI=1S/C25H20F2N2O4/c1-25(33,13-30)16-6-4-5-14(9-16)22(31)21(23(32)15-10-17(26)12-18(27)11-15)24-28-19-7-2-3-8-20(19)29-24/h2-12,21,30,33H,13H2,1H3,(H,28,29). The Morgan fingerprint density at radius 1 is 0.970 bits per heavy atom. The van der Waals surface area contributed by atoms with Gasteiger partial charge in [-0.25, -0.2) is 13.8 Å². The molecule has 0 amide bonds. The summed E-state index contributed by atoms with van der Waals surface area (Å²) in [6.45, 7) is 0.799. The predicted molar refractivity (Wildman–Crippen MR) is 117 cm³/mol. The smallest absolute Gasteiger partial charge is 0.181 e. The van der Waals surface area contributed by atoms with Crippen LogP contribution in [0, 0.1) is 11.6 Å². The summed E-state index contributed by atoms with van der Waals surface area (Å²) in [5.41, 5.74) is -0.493. The zero-order chi connectivity index (χ0) is 23.8.